The number of ether oxygens (including phenoxy) is 1. The average Bonchev–Trinajstić information content (AvgIpc) is 3.33. The van der Waals surface area contributed by atoms with Crippen molar-refractivity contribution in [2.45, 2.75) is 57.5 Å². The summed E-state index contributed by atoms with van der Waals surface area (Å²) >= 11 is 0. The number of benzene rings is 1. The lowest BCUT2D eigenvalue weighted by atomic mass is 9.99. The second-order valence-corrected chi connectivity index (χ2v) is 6.57. The molecule has 0 N–H and O–H groups in total. The maximum Gasteiger partial charge on any atom is 0.254 e. The third-order valence-electron chi connectivity index (χ3n) is 4.56. The van der Waals surface area contributed by atoms with Gasteiger partial charge in [0.05, 0.1) is 0 Å². The SMILES string of the molecule is CC(C)c1cccc(C(=O)N(C2CCOCC2)C2CC2)c1. The monoisotopic (exact) mass is 287 g/mol. The number of nitrogens with zero attached hydrogens (tertiary/aromatic N) is 1. The standard InChI is InChI=1S/C18H25NO2/c1-13(2)14-4-3-5-15(12-14)18(20)19(16-6-7-16)17-8-10-21-11-9-17/h3-5,12-13,16-17H,6-11H2,1-2H3. The molecule has 1 heterocycles. The summed E-state index contributed by atoms with van der Waals surface area (Å²) in [5.41, 5.74) is 2.09. The molecule has 114 valence electrons. The highest BCUT2D eigenvalue weighted by atomic mass is 16.5. The molecule has 0 aromatic heterocycles. The molecule has 1 aromatic rings. The van der Waals surface area contributed by atoms with Crippen molar-refractivity contribution in [3.8, 4) is 0 Å². The normalized spacial score (nSPS) is 19.8. The Hall–Kier alpha value is -1.35. The van der Waals surface area contributed by atoms with Crippen molar-refractivity contribution in [3.05, 3.63) is 35.4 Å². The predicted octanol–water partition coefficient (Wildman–Crippen LogP) is 3.59. The smallest absolute Gasteiger partial charge is 0.254 e. The number of amides is 1. The molecule has 0 atom stereocenters. The fraction of sp³-hybridized carbons (Fsp3) is 0.611. The first-order valence-corrected chi connectivity index (χ1v) is 8.17. The fourth-order valence-electron chi connectivity index (χ4n) is 3.13. The summed E-state index contributed by atoms with van der Waals surface area (Å²) in [5, 5.41) is 0. The van der Waals surface area contributed by atoms with Crippen molar-refractivity contribution in [2.75, 3.05) is 13.2 Å². The molecule has 2 aliphatic rings. The Morgan fingerprint density at radius 2 is 1.81 bits per heavy atom. The van der Waals surface area contributed by atoms with Crippen molar-refractivity contribution in [1.29, 1.82) is 0 Å². The van der Waals surface area contributed by atoms with Crippen LogP contribution in [0.1, 0.15) is 61.4 Å². The van der Waals surface area contributed by atoms with Gasteiger partial charge in [-0.25, -0.2) is 0 Å². The molecule has 1 aromatic carbocycles. The van der Waals surface area contributed by atoms with Crippen LogP contribution < -0.4 is 0 Å². The van der Waals surface area contributed by atoms with E-state index in [0.29, 0.717) is 18.0 Å². The van der Waals surface area contributed by atoms with E-state index in [0.717, 1.165) is 44.5 Å². The molecule has 1 saturated carbocycles. The van der Waals surface area contributed by atoms with E-state index in [1.165, 1.54) is 5.56 Å². The predicted molar refractivity (Wildman–Crippen MR) is 83.6 cm³/mol. The van der Waals surface area contributed by atoms with E-state index in [9.17, 15) is 4.79 Å². The Morgan fingerprint density at radius 3 is 2.43 bits per heavy atom. The summed E-state index contributed by atoms with van der Waals surface area (Å²) in [7, 11) is 0. The lowest BCUT2D eigenvalue weighted by Gasteiger charge is -2.34. The summed E-state index contributed by atoms with van der Waals surface area (Å²) in [5.74, 6) is 0.669. The van der Waals surface area contributed by atoms with Crippen LogP contribution in [-0.2, 0) is 4.74 Å². The van der Waals surface area contributed by atoms with Crippen molar-refractivity contribution < 1.29 is 9.53 Å². The minimum Gasteiger partial charge on any atom is -0.381 e. The zero-order chi connectivity index (χ0) is 14.8. The molecule has 0 bridgehead atoms. The van der Waals surface area contributed by atoms with E-state index in [2.05, 4.69) is 30.9 Å². The van der Waals surface area contributed by atoms with E-state index in [1.54, 1.807) is 0 Å². The highest BCUT2D eigenvalue weighted by molar-refractivity contribution is 5.95. The highest BCUT2D eigenvalue weighted by Crippen LogP contribution is 2.33. The first kappa shape index (κ1) is 14.6. The minimum absolute atomic E-state index is 0.215. The molecule has 1 saturated heterocycles. The Morgan fingerprint density at radius 1 is 1.14 bits per heavy atom. The molecule has 2 fully saturated rings. The molecule has 3 heteroatoms. The third kappa shape index (κ3) is 3.29. The second kappa shape index (κ2) is 6.18. The highest BCUT2D eigenvalue weighted by Gasteiger charge is 2.38. The van der Waals surface area contributed by atoms with Gasteiger partial charge in [0, 0.05) is 30.9 Å². The first-order chi connectivity index (χ1) is 10.2. The zero-order valence-corrected chi connectivity index (χ0v) is 13.0. The molecular weight excluding hydrogens is 262 g/mol. The molecule has 3 nitrogen and oxygen atoms in total. The summed E-state index contributed by atoms with van der Waals surface area (Å²) in [6.07, 6.45) is 4.28. The van der Waals surface area contributed by atoms with Crippen LogP contribution in [0.3, 0.4) is 0 Å². The third-order valence-corrected chi connectivity index (χ3v) is 4.56. The molecule has 0 spiro atoms. The minimum atomic E-state index is 0.215. The molecule has 0 radical (unpaired) electrons. The van der Waals surface area contributed by atoms with Crippen LogP contribution in [0.25, 0.3) is 0 Å². The van der Waals surface area contributed by atoms with E-state index >= 15 is 0 Å². The van der Waals surface area contributed by atoms with Crippen LogP contribution in [0.2, 0.25) is 0 Å². The van der Waals surface area contributed by atoms with Gasteiger partial charge in [0.25, 0.3) is 5.91 Å². The van der Waals surface area contributed by atoms with Gasteiger partial charge in [-0.3, -0.25) is 4.79 Å². The number of rotatable bonds is 4. The average molecular weight is 287 g/mol. The lowest BCUT2D eigenvalue weighted by molar-refractivity contribution is 0.0267. The summed E-state index contributed by atoms with van der Waals surface area (Å²) in [6.45, 7) is 5.90. The van der Waals surface area contributed by atoms with E-state index in [1.807, 2.05) is 12.1 Å². The topological polar surface area (TPSA) is 29.5 Å². The number of hydrogen-bond donors (Lipinski definition) is 0. The van der Waals surface area contributed by atoms with E-state index < -0.39 is 0 Å². The van der Waals surface area contributed by atoms with Crippen molar-refractivity contribution >= 4 is 5.91 Å². The first-order valence-electron chi connectivity index (χ1n) is 8.17. The summed E-state index contributed by atoms with van der Waals surface area (Å²) < 4.78 is 5.45. The maximum atomic E-state index is 13.0. The summed E-state index contributed by atoms with van der Waals surface area (Å²) in [4.78, 5) is 15.1. The van der Waals surface area contributed by atoms with Crippen LogP contribution >= 0.6 is 0 Å². The molecule has 1 aliphatic heterocycles. The van der Waals surface area contributed by atoms with Gasteiger partial charge in [0.15, 0.2) is 0 Å². The van der Waals surface area contributed by atoms with Crippen molar-refractivity contribution in [1.82, 2.24) is 4.90 Å². The Kier molecular flexibility index (Phi) is 4.29. The maximum absolute atomic E-state index is 13.0. The van der Waals surface area contributed by atoms with Gasteiger partial charge >= 0.3 is 0 Å². The van der Waals surface area contributed by atoms with E-state index in [4.69, 9.17) is 4.74 Å². The van der Waals surface area contributed by atoms with Gasteiger partial charge in [0.2, 0.25) is 0 Å². The van der Waals surface area contributed by atoms with Crippen molar-refractivity contribution in [3.63, 3.8) is 0 Å². The summed E-state index contributed by atoms with van der Waals surface area (Å²) in [6, 6.07) is 8.98. The largest absolute Gasteiger partial charge is 0.381 e. The van der Waals surface area contributed by atoms with Gasteiger partial charge in [0.1, 0.15) is 0 Å². The molecular formula is C18H25NO2. The Balaban J connectivity index is 1.82. The van der Waals surface area contributed by atoms with Crippen molar-refractivity contribution in [2.24, 2.45) is 0 Å². The molecule has 3 rings (SSSR count). The van der Waals surface area contributed by atoms with Gasteiger partial charge < -0.3 is 9.64 Å². The van der Waals surface area contributed by atoms with Crippen LogP contribution in [-0.4, -0.2) is 36.1 Å². The molecule has 0 unspecified atom stereocenters. The Bertz CT molecular complexity index is 502. The lowest BCUT2D eigenvalue weighted by Crippen LogP contribution is -2.44. The molecule has 1 aliphatic carbocycles. The van der Waals surface area contributed by atoms with Crippen LogP contribution in [0.4, 0.5) is 0 Å². The number of carbonyl (C=O) groups excluding carboxylic acids is 1. The molecule has 1 amide bonds. The van der Waals surface area contributed by atoms with Gasteiger partial charge in [-0.2, -0.15) is 0 Å². The van der Waals surface area contributed by atoms with Gasteiger partial charge in [-0.1, -0.05) is 26.0 Å². The zero-order valence-electron chi connectivity index (χ0n) is 13.0. The van der Waals surface area contributed by atoms with Gasteiger partial charge in [-0.05, 0) is 49.3 Å². The van der Waals surface area contributed by atoms with E-state index in [-0.39, 0.29) is 5.91 Å². The Labute approximate surface area is 127 Å². The number of carbonyl (C=O) groups is 1. The van der Waals surface area contributed by atoms with Crippen LogP contribution in [0.5, 0.6) is 0 Å². The number of hydrogen-bond acceptors (Lipinski definition) is 2. The fourth-order valence-corrected chi connectivity index (χ4v) is 3.13. The van der Waals surface area contributed by atoms with Gasteiger partial charge in [-0.15, -0.1) is 0 Å². The molecule has 21 heavy (non-hydrogen) atoms. The second-order valence-electron chi connectivity index (χ2n) is 6.57. The van der Waals surface area contributed by atoms with Crippen LogP contribution in [0.15, 0.2) is 24.3 Å². The van der Waals surface area contributed by atoms with Crippen LogP contribution in [0, 0.1) is 0 Å². The quantitative estimate of drug-likeness (QED) is 0.847.